The molecule has 0 spiro atoms. The van der Waals surface area contributed by atoms with E-state index in [2.05, 4.69) is 5.32 Å². The van der Waals surface area contributed by atoms with Crippen LogP contribution in [0.25, 0.3) is 11.3 Å². The molecule has 2 aromatic carbocycles. The van der Waals surface area contributed by atoms with E-state index in [1.807, 2.05) is 61.5 Å². The van der Waals surface area contributed by atoms with Crippen molar-refractivity contribution in [1.29, 1.82) is 0 Å². The van der Waals surface area contributed by atoms with Crippen LogP contribution in [0.3, 0.4) is 0 Å². The topological polar surface area (TPSA) is 55.4 Å². The molecule has 2 rings (SSSR count). The third-order valence-corrected chi connectivity index (χ3v) is 3.43. The van der Waals surface area contributed by atoms with Crippen LogP contribution in [0.1, 0.15) is 30.5 Å². The molecule has 0 aliphatic rings. The zero-order chi connectivity index (χ0) is 17.5. The van der Waals surface area contributed by atoms with E-state index in [0.29, 0.717) is 16.8 Å². The number of benzene rings is 2. The largest absolute Gasteiger partial charge is 0.462 e. The quantitative estimate of drug-likeness (QED) is 0.520. The summed E-state index contributed by atoms with van der Waals surface area (Å²) in [5, 5.41) is 2.79. The molecule has 0 saturated carbocycles. The Morgan fingerprint density at radius 2 is 1.58 bits per heavy atom. The number of nitrogens with one attached hydrogen (secondary N) is 1. The van der Waals surface area contributed by atoms with Crippen molar-refractivity contribution in [2.24, 2.45) is 0 Å². The molecule has 1 amide bonds. The van der Waals surface area contributed by atoms with Crippen molar-refractivity contribution >= 4 is 23.1 Å². The monoisotopic (exact) mass is 323 g/mol. The van der Waals surface area contributed by atoms with Crippen LogP contribution < -0.4 is 5.32 Å². The number of carbonyl (C=O) groups excluding carboxylic acids is 2. The SMILES string of the molecule is CCOC(=O)/C(=C(\NC(C)=O)c1ccc(C)cc1)c1ccccc1. The third kappa shape index (κ3) is 4.32. The van der Waals surface area contributed by atoms with Crippen LogP contribution in [0.15, 0.2) is 54.6 Å². The summed E-state index contributed by atoms with van der Waals surface area (Å²) < 4.78 is 5.22. The molecule has 0 atom stereocenters. The van der Waals surface area contributed by atoms with Gasteiger partial charge in [-0.2, -0.15) is 0 Å². The molecule has 1 N–H and O–H groups in total. The van der Waals surface area contributed by atoms with Crippen LogP contribution in [-0.2, 0) is 14.3 Å². The van der Waals surface area contributed by atoms with Gasteiger partial charge in [-0.25, -0.2) is 4.79 Å². The summed E-state index contributed by atoms with van der Waals surface area (Å²) >= 11 is 0. The van der Waals surface area contributed by atoms with E-state index >= 15 is 0 Å². The van der Waals surface area contributed by atoms with Gasteiger partial charge in [0.2, 0.25) is 5.91 Å². The summed E-state index contributed by atoms with van der Waals surface area (Å²) in [5.41, 5.74) is 3.34. The number of rotatable bonds is 5. The van der Waals surface area contributed by atoms with Crippen molar-refractivity contribution in [2.75, 3.05) is 6.61 Å². The van der Waals surface area contributed by atoms with E-state index in [1.54, 1.807) is 6.92 Å². The van der Waals surface area contributed by atoms with Gasteiger partial charge in [0.1, 0.15) is 0 Å². The van der Waals surface area contributed by atoms with Crippen LogP contribution in [0.4, 0.5) is 0 Å². The molecule has 0 unspecified atom stereocenters. The minimum absolute atomic E-state index is 0.247. The number of carbonyl (C=O) groups is 2. The summed E-state index contributed by atoms with van der Waals surface area (Å²) in [4.78, 5) is 24.3. The molecule has 0 aliphatic carbocycles. The number of amides is 1. The minimum Gasteiger partial charge on any atom is -0.462 e. The van der Waals surface area contributed by atoms with E-state index in [-0.39, 0.29) is 12.5 Å². The Morgan fingerprint density at radius 1 is 0.958 bits per heavy atom. The van der Waals surface area contributed by atoms with Crippen LogP contribution in [-0.4, -0.2) is 18.5 Å². The predicted molar refractivity (Wildman–Crippen MR) is 94.9 cm³/mol. The van der Waals surface area contributed by atoms with E-state index in [0.717, 1.165) is 11.1 Å². The first-order chi connectivity index (χ1) is 11.5. The molecule has 4 nitrogen and oxygen atoms in total. The second-order valence-electron chi connectivity index (χ2n) is 5.38. The van der Waals surface area contributed by atoms with Crippen molar-refractivity contribution in [2.45, 2.75) is 20.8 Å². The smallest absolute Gasteiger partial charge is 0.340 e. The third-order valence-electron chi connectivity index (χ3n) is 3.43. The van der Waals surface area contributed by atoms with Crippen molar-refractivity contribution in [1.82, 2.24) is 5.32 Å². The number of hydrogen-bond donors (Lipinski definition) is 1. The molecule has 2 aromatic rings. The van der Waals surface area contributed by atoms with Crippen molar-refractivity contribution in [3.8, 4) is 0 Å². The molecule has 24 heavy (non-hydrogen) atoms. The first kappa shape index (κ1) is 17.5. The second-order valence-corrected chi connectivity index (χ2v) is 5.38. The minimum atomic E-state index is -0.465. The van der Waals surface area contributed by atoms with Crippen molar-refractivity contribution in [3.63, 3.8) is 0 Å². The van der Waals surface area contributed by atoms with E-state index in [4.69, 9.17) is 4.74 Å². The molecule has 0 aliphatic heterocycles. The average molecular weight is 323 g/mol. The Kier molecular flexibility index (Phi) is 5.90. The zero-order valence-electron chi connectivity index (χ0n) is 14.1. The molecule has 0 bridgehead atoms. The second kappa shape index (κ2) is 8.11. The van der Waals surface area contributed by atoms with Gasteiger partial charge in [-0.1, -0.05) is 60.2 Å². The highest BCUT2D eigenvalue weighted by atomic mass is 16.5. The lowest BCUT2D eigenvalue weighted by molar-refractivity contribution is -0.136. The van der Waals surface area contributed by atoms with Gasteiger partial charge >= 0.3 is 5.97 Å². The lowest BCUT2D eigenvalue weighted by Gasteiger charge is -2.16. The molecular formula is C20H21NO3. The van der Waals surface area contributed by atoms with Gasteiger partial charge in [-0.05, 0) is 25.0 Å². The van der Waals surface area contributed by atoms with Crippen LogP contribution in [0.2, 0.25) is 0 Å². The first-order valence-corrected chi connectivity index (χ1v) is 7.84. The van der Waals surface area contributed by atoms with Gasteiger partial charge in [0.05, 0.1) is 17.9 Å². The summed E-state index contributed by atoms with van der Waals surface area (Å²) in [5.74, 6) is -0.712. The van der Waals surface area contributed by atoms with Crippen molar-refractivity contribution < 1.29 is 14.3 Å². The Labute approximate surface area is 142 Å². The Hall–Kier alpha value is -2.88. The lowest BCUT2D eigenvalue weighted by Crippen LogP contribution is -2.22. The van der Waals surface area contributed by atoms with Crippen LogP contribution >= 0.6 is 0 Å². The molecule has 0 fully saturated rings. The maximum absolute atomic E-state index is 12.6. The van der Waals surface area contributed by atoms with Crippen LogP contribution in [0.5, 0.6) is 0 Å². The fourth-order valence-electron chi connectivity index (χ4n) is 2.35. The molecular weight excluding hydrogens is 302 g/mol. The molecule has 0 radical (unpaired) electrons. The van der Waals surface area contributed by atoms with Gasteiger partial charge in [0, 0.05) is 6.92 Å². The summed E-state index contributed by atoms with van der Waals surface area (Å²) in [6, 6.07) is 16.8. The average Bonchev–Trinajstić information content (AvgIpc) is 2.56. The number of ether oxygens (including phenoxy) is 1. The highest BCUT2D eigenvalue weighted by Gasteiger charge is 2.21. The highest BCUT2D eigenvalue weighted by Crippen LogP contribution is 2.26. The Balaban J connectivity index is 2.69. The number of hydrogen-bond acceptors (Lipinski definition) is 3. The van der Waals surface area contributed by atoms with Gasteiger partial charge in [-0.15, -0.1) is 0 Å². The Morgan fingerprint density at radius 3 is 2.12 bits per heavy atom. The van der Waals surface area contributed by atoms with E-state index < -0.39 is 5.97 Å². The maximum Gasteiger partial charge on any atom is 0.340 e. The number of aryl methyl sites for hydroxylation is 1. The Bertz CT molecular complexity index is 746. The normalized spacial score (nSPS) is 11.5. The number of esters is 1. The van der Waals surface area contributed by atoms with Gasteiger partial charge < -0.3 is 10.1 Å². The molecule has 124 valence electrons. The van der Waals surface area contributed by atoms with Gasteiger partial charge in [0.15, 0.2) is 0 Å². The molecule has 0 heterocycles. The fourth-order valence-corrected chi connectivity index (χ4v) is 2.35. The van der Waals surface area contributed by atoms with Gasteiger partial charge in [0.25, 0.3) is 0 Å². The van der Waals surface area contributed by atoms with Crippen LogP contribution in [0, 0.1) is 6.92 Å². The zero-order valence-corrected chi connectivity index (χ0v) is 14.1. The maximum atomic E-state index is 12.6. The summed E-state index contributed by atoms with van der Waals surface area (Å²) in [6.45, 7) is 5.41. The summed E-state index contributed by atoms with van der Waals surface area (Å²) in [7, 11) is 0. The van der Waals surface area contributed by atoms with E-state index in [1.165, 1.54) is 6.92 Å². The molecule has 0 aromatic heterocycles. The standard InChI is InChI=1S/C20H21NO3/c1-4-24-20(23)18(16-8-6-5-7-9-16)19(21-15(3)22)17-12-10-14(2)11-13-17/h5-13H,4H2,1-3H3,(H,21,22)/b19-18-. The first-order valence-electron chi connectivity index (χ1n) is 7.84. The molecule has 0 saturated heterocycles. The fraction of sp³-hybridized carbons (Fsp3) is 0.200. The van der Waals surface area contributed by atoms with Gasteiger partial charge in [-0.3, -0.25) is 4.79 Å². The molecule has 4 heteroatoms. The predicted octanol–water partition coefficient (Wildman–Crippen LogP) is 3.56. The lowest BCUT2D eigenvalue weighted by atomic mass is 9.98. The van der Waals surface area contributed by atoms with Crippen molar-refractivity contribution in [3.05, 3.63) is 71.3 Å². The highest BCUT2D eigenvalue weighted by molar-refractivity contribution is 6.25. The van der Waals surface area contributed by atoms with E-state index in [9.17, 15) is 9.59 Å². The summed E-state index contributed by atoms with van der Waals surface area (Å²) in [6.07, 6.45) is 0.